The second-order valence-corrected chi connectivity index (χ2v) is 6.61. The molecule has 0 atom stereocenters. The maximum absolute atomic E-state index is 10.2. The number of benzene rings is 2. The van der Waals surface area contributed by atoms with E-state index in [4.69, 9.17) is 10.2 Å². The number of aromatic nitrogens is 2. The van der Waals surface area contributed by atoms with E-state index in [2.05, 4.69) is 9.97 Å². The molecule has 0 fully saturated rings. The van der Waals surface area contributed by atoms with Crippen molar-refractivity contribution in [3.63, 3.8) is 0 Å². The normalized spacial score (nSPS) is 8.82. The van der Waals surface area contributed by atoms with Gasteiger partial charge in [0.2, 0.25) is 0 Å². The van der Waals surface area contributed by atoms with E-state index in [9.17, 15) is 40.0 Å². The molecule has 4 aromatic rings. The van der Waals surface area contributed by atoms with Crippen LogP contribution < -0.4 is 10.2 Å². The summed E-state index contributed by atoms with van der Waals surface area (Å²) in [6.45, 7) is 0. The summed E-state index contributed by atoms with van der Waals surface area (Å²) >= 11 is 0. The first kappa shape index (κ1) is 33.7. The van der Waals surface area contributed by atoms with Gasteiger partial charge in [-0.15, -0.1) is 0 Å². The molecule has 14 nitrogen and oxygen atoms in total. The van der Waals surface area contributed by atoms with Gasteiger partial charge in [0.05, 0.1) is 34.2 Å². The zero-order valence-electron chi connectivity index (χ0n) is 19.9. The Bertz CT molecular complexity index is 1200. The van der Waals surface area contributed by atoms with Gasteiger partial charge in [0.15, 0.2) is 0 Å². The topological polar surface area (TPSA) is 233 Å². The van der Waals surface area contributed by atoms with Crippen molar-refractivity contribution >= 4 is 23.3 Å². The van der Waals surface area contributed by atoms with Crippen LogP contribution in [-0.2, 0) is 19.5 Å². The molecule has 39 heavy (non-hydrogen) atoms. The second kappa shape index (κ2) is 18.0. The largest absolute Gasteiger partial charge is 2.00 e. The van der Waals surface area contributed by atoms with Crippen LogP contribution in [0.25, 0.3) is 0 Å². The summed E-state index contributed by atoms with van der Waals surface area (Å²) in [5.41, 5.74) is -0.887. The molecule has 0 saturated heterocycles. The van der Waals surface area contributed by atoms with Crippen LogP contribution in [0.4, 0.5) is 11.4 Å². The molecule has 0 radical (unpaired) electrons. The number of carbonyl (C=O) groups is 2. The summed E-state index contributed by atoms with van der Waals surface area (Å²) < 4.78 is 0. The molecule has 0 saturated carbocycles. The van der Waals surface area contributed by atoms with Crippen LogP contribution >= 0.6 is 0 Å². The van der Waals surface area contributed by atoms with E-state index in [1.807, 2.05) is 0 Å². The van der Waals surface area contributed by atoms with Crippen LogP contribution in [0.1, 0.15) is 20.7 Å². The molecular weight excluding hydrogens is 570 g/mol. The van der Waals surface area contributed by atoms with Gasteiger partial charge in [-0.2, -0.15) is 0 Å². The number of pyridine rings is 2. The van der Waals surface area contributed by atoms with Crippen molar-refractivity contribution in [1.29, 1.82) is 0 Å². The van der Waals surface area contributed by atoms with Crippen molar-refractivity contribution in [1.82, 2.24) is 9.97 Å². The molecule has 4 rings (SSSR count). The summed E-state index contributed by atoms with van der Waals surface area (Å²) in [7, 11) is 0. The number of hydrogen-bond donors (Lipinski definition) is 2. The van der Waals surface area contributed by atoms with Gasteiger partial charge in [0, 0.05) is 47.8 Å². The number of carboxylic acid groups (broad SMARTS) is 2. The second-order valence-electron chi connectivity index (χ2n) is 6.61. The number of aromatic carboxylic acids is 2. The van der Waals surface area contributed by atoms with E-state index in [1.165, 1.54) is 48.8 Å². The number of carboxylic acids is 2. The molecule has 196 valence electrons. The maximum Gasteiger partial charge on any atom is 2.00 e. The van der Waals surface area contributed by atoms with Gasteiger partial charge < -0.3 is 30.0 Å². The summed E-state index contributed by atoms with van der Waals surface area (Å²) in [6.07, 6.45) is 6.00. The zero-order valence-corrected chi connectivity index (χ0v) is 22.9. The number of carbonyl (C=O) groups excluding carboxylic acids is 2. The van der Waals surface area contributed by atoms with Crippen molar-refractivity contribution in [3.05, 3.63) is 129 Å². The third-order valence-corrected chi connectivity index (χ3v) is 3.88. The van der Waals surface area contributed by atoms with Crippen LogP contribution in [0.15, 0.2) is 97.6 Å². The Kier molecular flexibility index (Phi) is 15.6. The number of nitrogens with zero attached hydrogens (tertiary/aromatic N) is 4. The van der Waals surface area contributed by atoms with Crippen LogP contribution in [0.3, 0.4) is 0 Å². The van der Waals surface area contributed by atoms with Crippen molar-refractivity contribution < 1.29 is 59.3 Å². The summed E-state index contributed by atoms with van der Waals surface area (Å²) in [5.74, 6) is -2.41. The van der Waals surface area contributed by atoms with Crippen LogP contribution in [-0.4, -0.2) is 42.0 Å². The fourth-order valence-electron chi connectivity index (χ4n) is 2.20. The molecule has 0 aliphatic heterocycles. The fourth-order valence-corrected chi connectivity index (χ4v) is 2.20. The average Bonchev–Trinajstić information content (AvgIpc) is 2.91. The Morgan fingerprint density at radius 1 is 0.641 bits per heavy atom. The van der Waals surface area contributed by atoms with E-state index in [0.29, 0.717) is 0 Å². The van der Waals surface area contributed by atoms with Crippen LogP contribution in [0, 0.1) is 20.2 Å². The van der Waals surface area contributed by atoms with Crippen molar-refractivity contribution in [2.24, 2.45) is 0 Å². The van der Waals surface area contributed by atoms with Crippen molar-refractivity contribution in [2.75, 3.05) is 0 Å². The molecule has 2 aromatic heterocycles. The molecule has 0 amide bonds. The van der Waals surface area contributed by atoms with Crippen LogP contribution in [0.2, 0.25) is 0 Å². The molecule has 2 N–H and O–H groups in total. The molecule has 0 aliphatic rings. The Morgan fingerprint density at radius 3 is 1.21 bits per heavy atom. The van der Waals surface area contributed by atoms with E-state index in [-0.39, 0.29) is 53.5 Å². The first-order valence-corrected chi connectivity index (χ1v) is 10.1. The number of rotatable bonds is 4. The number of aromatic hydroxyl groups is 2. The molecule has 0 bridgehead atoms. The molecule has 0 unspecified atom stereocenters. The predicted molar refractivity (Wildman–Crippen MR) is 127 cm³/mol. The monoisotopic (exact) mass is 586 g/mol. The van der Waals surface area contributed by atoms with Gasteiger partial charge in [-0.1, -0.05) is 24.3 Å². The van der Waals surface area contributed by atoms with E-state index in [1.54, 1.807) is 36.7 Å². The van der Waals surface area contributed by atoms with Gasteiger partial charge in [0.25, 0.3) is 11.4 Å². The van der Waals surface area contributed by atoms with Crippen molar-refractivity contribution in [2.45, 2.75) is 0 Å². The number of non-ortho nitro benzene ring substituents is 2. The number of nitro benzene ring substituents is 2. The van der Waals surface area contributed by atoms with Gasteiger partial charge in [-0.25, -0.2) is 0 Å². The first-order chi connectivity index (χ1) is 18.0. The molecule has 0 aliphatic carbocycles. The minimum Gasteiger partial charge on any atom is -0.545 e. The minimum absolute atomic E-state index is 0. The summed E-state index contributed by atoms with van der Waals surface area (Å²) in [4.78, 5) is 46.8. The third kappa shape index (κ3) is 14.1. The minimum atomic E-state index is -1.42. The molecule has 2 aromatic carbocycles. The number of nitro groups is 2. The molecule has 0 spiro atoms. The molecular formula is C24H18N4O10Zn. The van der Waals surface area contributed by atoms with E-state index < -0.39 is 21.8 Å². The third-order valence-electron chi connectivity index (χ3n) is 3.88. The fraction of sp³-hybridized carbons (Fsp3) is 0. The number of hydrogen-bond acceptors (Lipinski definition) is 12. The predicted octanol–water partition coefficient (Wildman–Crippen LogP) is 1.49. The van der Waals surface area contributed by atoms with Crippen LogP contribution in [0.5, 0.6) is 11.5 Å². The zero-order chi connectivity index (χ0) is 28.5. The average molecular weight is 588 g/mol. The summed E-state index contributed by atoms with van der Waals surface area (Å²) in [6, 6.07) is 15.9. The summed E-state index contributed by atoms with van der Waals surface area (Å²) in [5, 5.41) is 58.0. The van der Waals surface area contributed by atoms with Crippen molar-refractivity contribution in [3.8, 4) is 11.5 Å². The molecule has 15 heteroatoms. The Labute approximate surface area is 232 Å². The molecule has 2 heterocycles. The quantitative estimate of drug-likeness (QED) is 0.196. The van der Waals surface area contributed by atoms with Gasteiger partial charge in [-0.3, -0.25) is 30.2 Å². The smallest absolute Gasteiger partial charge is 0.545 e. The van der Waals surface area contributed by atoms with E-state index >= 15 is 0 Å². The Balaban J connectivity index is 0.000000504. The Morgan fingerprint density at radius 2 is 1.00 bits per heavy atom. The van der Waals surface area contributed by atoms with Gasteiger partial charge in [-0.05, 0) is 24.3 Å². The maximum atomic E-state index is 10.2. The standard InChI is InChI=1S/2C7H5NO4.2C5H5NO.Zn/c2*9-7(10)5-2-1-3-6(4-5)8(11)12;2*7-5-2-1-3-6-4-5;/h2*1-4H,(H,9,10);2*1-4,7H;/q;;;;+2/p-2. The van der Waals surface area contributed by atoms with Gasteiger partial charge in [0.1, 0.15) is 11.5 Å². The Hall–Kier alpha value is -5.30. The van der Waals surface area contributed by atoms with E-state index in [0.717, 1.165) is 12.1 Å². The van der Waals surface area contributed by atoms with Gasteiger partial charge >= 0.3 is 19.5 Å². The SMILES string of the molecule is O=C([O-])c1cccc([N+](=O)[O-])c1.O=C([O-])c1cccc([N+](=O)[O-])c1.Oc1cccnc1.Oc1cccnc1.[Zn+2]. The first-order valence-electron chi connectivity index (χ1n) is 10.1.